The molecular formula is C22H28F3N3O6S. The van der Waals surface area contributed by atoms with Gasteiger partial charge < -0.3 is 24.8 Å². The van der Waals surface area contributed by atoms with Crippen LogP contribution in [0.4, 0.5) is 23.7 Å². The number of hydrogen-bond donors (Lipinski definition) is 2. The Bertz CT molecular complexity index is 1060. The van der Waals surface area contributed by atoms with Crippen LogP contribution in [0, 0.1) is 11.3 Å². The summed E-state index contributed by atoms with van der Waals surface area (Å²) in [5.74, 6) is 0. The molecule has 0 unspecified atom stereocenters. The molecule has 2 atom stereocenters. The second-order valence-electron chi connectivity index (χ2n) is 8.74. The van der Waals surface area contributed by atoms with Crippen LogP contribution >= 0.6 is 0 Å². The molecule has 0 spiro atoms. The molecule has 9 nitrogen and oxygen atoms in total. The molecule has 0 radical (unpaired) electrons. The molecule has 1 amide bonds. The Kier molecular flexibility index (Phi) is 8.18. The molecule has 3 aliphatic rings. The number of nitriles is 1. The van der Waals surface area contributed by atoms with Gasteiger partial charge in [0.2, 0.25) is 0 Å². The Morgan fingerprint density at radius 3 is 2.40 bits per heavy atom. The maximum Gasteiger partial charge on any atom is 0.417 e. The largest absolute Gasteiger partial charge is 0.465 e. The third-order valence-corrected chi connectivity index (χ3v) is 8.64. The number of carboxylic acid groups (broad SMARTS) is 1. The van der Waals surface area contributed by atoms with Gasteiger partial charge in [0.05, 0.1) is 41.1 Å². The molecule has 35 heavy (non-hydrogen) atoms. The summed E-state index contributed by atoms with van der Waals surface area (Å²) in [6.45, 7) is 1.81. The van der Waals surface area contributed by atoms with Crippen LogP contribution in [0.2, 0.25) is 0 Å². The molecule has 13 heteroatoms. The van der Waals surface area contributed by atoms with Crippen molar-refractivity contribution in [2.45, 2.75) is 60.1 Å². The average molecular weight is 520 g/mol. The quantitative estimate of drug-likeness (QED) is 0.607. The van der Waals surface area contributed by atoms with E-state index >= 15 is 0 Å². The molecule has 1 aliphatic heterocycles. The van der Waals surface area contributed by atoms with Gasteiger partial charge in [-0.05, 0) is 50.3 Å². The maximum absolute atomic E-state index is 13.6. The number of nitrogens with zero attached hydrogens (tertiary/aromatic N) is 2. The molecular weight excluding hydrogens is 491 g/mol. The summed E-state index contributed by atoms with van der Waals surface area (Å²) in [5, 5.41) is 17.8. The van der Waals surface area contributed by atoms with Gasteiger partial charge in [0.15, 0.2) is 9.84 Å². The molecule has 1 aromatic carbocycles. The van der Waals surface area contributed by atoms with E-state index in [-0.39, 0.29) is 12.5 Å². The summed E-state index contributed by atoms with van der Waals surface area (Å²) in [4.78, 5) is 11.1. The molecule has 0 aromatic heterocycles. The minimum absolute atomic E-state index is 0.224. The second-order valence-corrected chi connectivity index (χ2v) is 10.9. The van der Waals surface area contributed by atoms with Crippen LogP contribution in [0.5, 0.6) is 0 Å². The van der Waals surface area contributed by atoms with Crippen molar-refractivity contribution in [1.82, 2.24) is 5.32 Å². The summed E-state index contributed by atoms with van der Waals surface area (Å²) < 4.78 is 77.0. The number of morpholine rings is 1. The van der Waals surface area contributed by atoms with Crippen LogP contribution in [0.25, 0.3) is 0 Å². The molecule has 1 saturated heterocycles. The summed E-state index contributed by atoms with van der Waals surface area (Å²) >= 11 is 0. The second kappa shape index (κ2) is 10.6. The van der Waals surface area contributed by atoms with Crippen molar-refractivity contribution >= 4 is 21.6 Å². The van der Waals surface area contributed by atoms with E-state index in [0.29, 0.717) is 57.7 Å². The van der Waals surface area contributed by atoms with Gasteiger partial charge in [-0.15, -0.1) is 0 Å². The fourth-order valence-corrected chi connectivity index (χ4v) is 6.19. The van der Waals surface area contributed by atoms with Gasteiger partial charge in [-0.3, -0.25) is 0 Å². The number of amides is 1. The van der Waals surface area contributed by atoms with Crippen molar-refractivity contribution in [2.24, 2.45) is 0 Å². The van der Waals surface area contributed by atoms with Crippen molar-refractivity contribution in [1.29, 1.82) is 5.26 Å². The van der Waals surface area contributed by atoms with Gasteiger partial charge in [0, 0.05) is 25.9 Å². The number of anilines is 1. The van der Waals surface area contributed by atoms with Gasteiger partial charge in [0.1, 0.15) is 5.54 Å². The number of halogens is 3. The third-order valence-electron chi connectivity index (χ3n) is 6.37. The Hall–Kier alpha value is -2.56. The van der Waals surface area contributed by atoms with Gasteiger partial charge in [-0.1, -0.05) is 0 Å². The number of alkyl halides is 3. The highest BCUT2D eigenvalue weighted by atomic mass is 32.2. The first-order valence-electron chi connectivity index (χ1n) is 11.1. The van der Waals surface area contributed by atoms with Gasteiger partial charge in [-0.25, -0.2) is 13.2 Å². The number of ether oxygens (including phenoxy) is 2. The van der Waals surface area contributed by atoms with Crippen LogP contribution in [0.3, 0.4) is 0 Å². The van der Waals surface area contributed by atoms with E-state index in [1.54, 1.807) is 4.90 Å². The molecule has 2 saturated carbocycles. The van der Waals surface area contributed by atoms with Gasteiger partial charge >= 0.3 is 12.3 Å². The standard InChI is InChI=1S/C17H22F3NO4S.C5H6N2O2/c1-24-13-3-4-14(11-13)26(22,23)16-5-2-12(10-15(16)17(18,19)20)21-6-8-25-9-7-21;6-3-5(1-2-5)7-4(8)9/h2,5,10,13-14H,3-4,6-9,11H2,1H3;7H,1-2H2,(H,8,9)/t13-,14-;/m0./s1. The highest BCUT2D eigenvalue weighted by Crippen LogP contribution is 2.40. The first kappa shape index (κ1) is 27.0. The zero-order valence-corrected chi connectivity index (χ0v) is 20.0. The van der Waals surface area contributed by atoms with E-state index in [1.807, 2.05) is 6.07 Å². The Morgan fingerprint density at radius 1 is 1.29 bits per heavy atom. The summed E-state index contributed by atoms with van der Waals surface area (Å²) in [6, 6.07) is 5.39. The van der Waals surface area contributed by atoms with E-state index in [1.165, 1.54) is 13.2 Å². The number of rotatable bonds is 5. The minimum Gasteiger partial charge on any atom is -0.465 e. The smallest absolute Gasteiger partial charge is 0.417 e. The highest BCUT2D eigenvalue weighted by molar-refractivity contribution is 7.92. The third kappa shape index (κ3) is 6.56. The Morgan fingerprint density at radius 2 is 1.94 bits per heavy atom. The predicted molar refractivity (Wildman–Crippen MR) is 119 cm³/mol. The van der Waals surface area contributed by atoms with Gasteiger partial charge in [-0.2, -0.15) is 18.4 Å². The topological polar surface area (TPSA) is 129 Å². The molecule has 194 valence electrons. The number of nitrogens with one attached hydrogen (secondary N) is 1. The van der Waals surface area contributed by atoms with Crippen molar-refractivity contribution < 1.29 is 41.0 Å². The fourth-order valence-electron chi connectivity index (χ4n) is 4.18. The van der Waals surface area contributed by atoms with Crippen LogP contribution < -0.4 is 10.2 Å². The summed E-state index contributed by atoms with van der Waals surface area (Å²) in [7, 11) is -2.60. The van der Waals surface area contributed by atoms with Crippen LogP contribution in [0.1, 0.15) is 37.7 Å². The van der Waals surface area contributed by atoms with Crippen molar-refractivity contribution in [3.05, 3.63) is 23.8 Å². The molecule has 2 aliphatic carbocycles. The lowest BCUT2D eigenvalue weighted by Crippen LogP contribution is -2.36. The minimum atomic E-state index is -4.75. The first-order valence-corrected chi connectivity index (χ1v) is 12.7. The normalized spacial score (nSPS) is 23.6. The Balaban J connectivity index is 0.000000320. The van der Waals surface area contributed by atoms with E-state index in [2.05, 4.69) is 5.32 Å². The zero-order chi connectivity index (χ0) is 25.9. The Labute approximate surface area is 201 Å². The zero-order valence-electron chi connectivity index (χ0n) is 19.2. The fraction of sp³-hybridized carbons (Fsp3) is 0.636. The number of benzene rings is 1. The number of hydrogen-bond acceptors (Lipinski definition) is 7. The van der Waals surface area contributed by atoms with Crippen molar-refractivity contribution in [2.75, 3.05) is 38.3 Å². The predicted octanol–water partition coefficient (Wildman–Crippen LogP) is 3.19. The molecule has 3 fully saturated rings. The summed E-state index contributed by atoms with van der Waals surface area (Å²) in [6.07, 6.45) is -3.72. The van der Waals surface area contributed by atoms with E-state index < -0.39 is 43.4 Å². The molecule has 1 heterocycles. The first-order chi connectivity index (χ1) is 16.4. The lowest BCUT2D eigenvalue weighted by Gasteiger charge is -2.30. The summed E-state index contributed by atoms with van der Waals surface area (Å²) in [5.41, 5.74) is -1.46. The number of carbonyl (C=O) groups is 1. The number of methoxy groups -OCH3 is 1. The molecule has 2 N–H and O–H groups in total. The lowest BCUT2D eigenvalue weighted by atomic mass is 10.1. The lowest BCUT2D eigenvalue weighted by molar-refractivity contribution is -0.139. The SMILES string of the molecule is CO[C@H]1CC[C@H](S(=O)(=O)c2ccc(N3CCOCC3)cc2C(F)(F)F)C1.N#CC1(NC(=O)O)CC1. The number of sulfone groups is 1. The molecule has 0 bridgehead atoms. The van der Waals surface area contributed by atoms with E-state index in [0.717, 1.165) is 12.1 Å². The maximum atomic E-state index is 13.6. The van der Waals surface area contributed by atoms with E-state index in [9.17, 15) is 26.4 Å². The van der Waals surface area contributed by atoms with E-state index in [4.69, 9.17) is 19.8 Å². The van der Waals surface area contributed by atoms with Crippen LogP contribution in [-0.4, -0.2) is 69.9 Å². The molecule has 4 rings (SSSR count). The monoisotopic (exact) mass is 519 g/mol. The van der Waals surface area contributed by atoms with Crippen molar-refractivity contribution in [3.8, 4) is 6.07 Å². The average Bonchev–Trinajstić information content (AvgIpc) is 3.40. The van der Waals surface area contributed by atoms with Crippen LogP contribution in [-0.2, 0) is 25.5 Å². The van der Waals surface area contributed by atoms with Crippen LogP contribution in [0.15, 0.2) is 23.1 Å². The highest BCUT2D eigenvalue weighted by Gasteiger charge is 2.45. The molecule has 1 aromatic rings. The van der Waals surface area contributed by atoms with Crippen molar-refractivity contribution in [3.63, 3.8) is 0 Å². The van der Waals surface area contributed by atoms with Gasteiger partial charge in [0.25, 0.3) is 0 Å².